The van der Waals surface area contributed by atoms with Crippen LogP contribution in [0.4, 0.5) is 0 Å². The van der Waals surface area contributed by atoms with Crippen LogP contribution in [0.2, 0.25) is 0 Å². The molecule has 2 aromatic rings. The van der Waals surface area contributed by atoms with Gasteiger partial charge in [0.15, 0.2) is 0 Å². The van der Waals surface area contributed by atoms with Crippen molar-refractivity contribution in [2.75, 3.05) is 6.26 Å². The van der Waals surface area contributed by atoms with Gasteiger partial charge in [-0.25, -0.2) is 4.21 Å². The number of amides is 1. The predicted octanol–water partition coefficient (Wildman–Crippen LogP) is 3.75. The van der Waals surface area contributed by atoms with Crippen molar-refractivity contribution >= 4 is 31.6 Å². The average molecular weight is 338 g/mol. The summed E-state index contributed by atoms with van der Waals surface area (Å²) in [4.78, 5) is 12.5. The normalized spacial score (nSPS) is 13.6. The highest BCUT2D eigenvalue weighted by atomic mass is 79.9. The Kier molecular flexibility index (Phi) is 4.17. The summed E-state index contributed by atoms with van der Waals surface area (Å²) in [5.74, 6) is -0.469. The molecule has 0 saturated carbocycles. The van der Waals surface area contributed by atoms with Crippen LogP contribution in [0.1, 0.15) is 10.4 Å². The van der Waals surface area contributed by atoms with Crippen molar-refractivity contribution in [3.63, 3.8) is 0 Å². The van der Waals surface area contributed by atoms with E-state index in [0.717, 1.165) is 4.47 Å². The van der Waals surface area contributed by atoms with Crippen LogP contribution in [0, 0.1) is 0 Å². The molecule has 0 aliphatic rings. The molecule has 0 saturated heterocycles. The van der Waals surface area contributed by atoms with Gasteiger partial charge in [-0.1, -0.05) is 34.1 Å². The fraction of sp³-hybridized carbons (Fsp3) is 0.0714. The van der Waals surface area contributed by atoms with Crippen LogP contribution in [0.25, 0.3) is 0 Å². The van der Waals surface area contributed by atoms with Gasteiger partial charge in [0.1, 0.15) is 0 Å². The minimum atomic E-state index is -2.70. The minimum Gasteiger partial charge on any atom is -0.266 e. The molecule has 0 aromatic heterocycles. The Morgan fingerprint density at radius 2 is 1.63 bits per heavy atom. The summed E-state index contributed by atoms with van der Waals surface area (Å²) in [7, 11) is -2.70. The number of carbonyl (C=O) groups is 1. The second-order valence-corrected chi connectivity index (χ2v) is 7.19. The van der Waals surface area contributed by atoms with Crippen molar-refractivity contribution in [1.29, 1.82) is 0 Å². The summed E-state index contributed by atoms with van der Waals surface area (Å²) in [6.45, 7) is 0. The molecule has 2 rings (SSSR count). The maximum absolute atomic E-state index is 12.4. The lowest BCUT2D eigenvalue weighted by molar-refractivity contribution is 0.100. The average Bonchev–Trinajstić information content (AvgIpc) is 2.40. The number of rotatable bonds is 2. The standard InChI is InChI=1S/C14H12BrNO2S/c1-19(18,13-5-3-2-4-6-13)16-14(17)11-7-9-12(15)10-8-11/h2-10H,1H3. The Morgan fingerprint density at radius 3 is 2.21 bits per heavy atom. The number of hydrogen-bond acceptors (Lipinski definition) is 2. The maximum Gasteiger partial charge on any atom is 0.285 e. The first kappa shape index (κ1) is 14.0. The third-order valence-electron chi connectivity index (χ3n) is 2.53. The Labute approximate surface area is 121 Å². The summed E-state index contributed by atoms with van der Waals surface area (Å²) in [5.41, 5.74) is 0.425. The molecule has 2 aromatic carbocycles. The lowest BCUT2D eigenvalue weighted by atomic mass is 10.2. The smallest absolute Gasteiger partial charge is 0.266 e. The van der Waals surface area contributed by atoms with Gasteiger partial charge in [-0.15, -0.1) is 0 Å². The summed E-state index contributed by atoms with van der Waals surface area (Å²) in [5, 5.41) is 0. The quantitative estimate of drug-likeness (QED) is 0.837. The Hall–Kier alpha value is -1.46. The van der Waals surface area contributed by atoms with Crippen molar-refractivity contribution < 1.29 is 9.00 Å². The summed E-state index contributed by atoms with van der Waals surface area (Å²) < 4.78 is 17.2. The highest BCUT2D eigenvalue weighted by Gasteiger charge is 2.10. The van der Waals surface area contributed by atoms with E-state index in [2.05, 4.69) is 20.3 Å². The summed E-state index contributed by atoms with van der Waals surface area (Å²) >= 11 is 3.29. The second kappa shape index (κ2) is 5.67. The number of carbonyl (C=O) groups excluding carboxylic acids is 1. The molecule has 0 radical (unpaired) electrons. The molecular weight excluding hydrogens is 326 g/mol. The molecule has 0 aliphatic heterocycles. The molecule has 1 amide bonds. The summed E-state index contributed by atoms with van der Waals surface area (Å²) in [6, 6.07) is 15.6. The zero-order valence-electron chi connectivity index (χ0n) is 10.2. The molecule has 98 valence electrons. The van der Waals surface area contributed by atoms with E-state index in [1.165, 1.54) is 6.26 Å². The van der Waals surface area contributed by atoms with E-state index in [4.69, 9.17) is 0 Å². The van der Waals surface area contributed by atoms with Gasteiger partial charge in [-0.3, -0.25) is 4.79 Å². The number of nitrogens with zero attached hydrogens (tertiary/aromatic N) is 1. The molecule has 0 spiro atoms. The van der Waals surface area contributed by atoms with Gasteiger partial charge in [-0.05, 0) is 36.4 Å². The van der Waals surface area contributed by atoms with Crippen LogP contribution in [-0.2, 0) is 9.73 Å². The van der Waals surface area contributed by atoms with Crippen LogP contribution in [-0.4, -0.2) is 16.4 Å². The van der Waals surface area contributed by atoms with Crippen LogP contribution < -0.4 is 0 Å². The number of benzene rings is 2. The van der Waals surface area contributed by atoms with Gasteiger partial charge in [0.25, 0.3) is 5.91 Å². The number of halogens is 1. The Morgan fingerprint density at radius 1 is 1.05 bits per heavy atom. The van der Waals surface area contributed by atoms with Gasteiger partial charge in [0, 0.05) is 21.2 Å². The molecule has 0 heterocycles. The molecular formula is C14H12BrNO2S. The van der Waals surface area contributed by atoms with E-state index in [-0.39, 0.29) is 0 Å². The van der Waals surface area contributed by atoms with Crippen LogP contribution in [0.3, 0.4) is 0 Å². The van der Waals surface area contributed by atoms with Crippen molar-refractivity contribution in [1.82, 2.24) is 0 Å². The molecule has 1 atom stereocenters. The molecule has 0 fully saturated rings. The molecule has 5 heteroatoms. The predicted molar refractivity (Wildman–Crippen MR) is 79.7 cm³/mol. The maximum atomic E-state index is 12.4. The van der Waals surface area contributed by atoms with Gasteiger partial charge in [-0.2, -0.15) is 4.36 Å². The molecule has 19 heavy (non-hydrogen) atoms. The molecule has 3 nitrogen and oxygen atoms in total. The summed E-state index contributed by atoms with van der Waals surface area (Å²) in [6.07, 6.45) is 1.47. The van der Waals surface area contributed by atoms with E-state index < -0.39 is 15.6 Å². The first-order valence-electron chi connectivity index (χ1n) is 5.56. The van der Waals surface area contributed by atoms with Crippen LogP contribution >= 0.6 is 15.9 Å². The fourth-order valence-corrected chi connectivity index (χ4v) is 2.98. The Bertz CT molecular complexity index is 702. The molecule has 0 aliphatic carbocycles. The topological polar surface area (TPSA) is 46.5 Å². The van der Waals surface area contributed by atoms with E-state index in [0.29, 0.717) is 10.5 Å². The number of hydrogen-bond donors (Lipinski definition) is 0. The largest absolute Gasteiger partial charge is 0.285 e. The van der Waals surface area contributed by atoms with Crippen LogP contribution in [0.15, 0.2) is 68.3 Å². The van der Waals surface area contributed by atoms with Gasteiger partial charge in [0.05, 0.1) is 9.73 Å². The zero-order valence-corrected chi connectivity index (χ0v) is 12.6. The van der Waals surface area contributed by atoms with Crippen molar-refractivity contribution in [3.8, 4) is 0 Å². The highest BCUT2D eigenvalue weighted by Crippen LogP contribution is 2.15. The highest BCUT2D eigenvalue weighted by molar-refractivity contribution is 9.10. The zero-order chi connectivity index (χ0) is 13.9. The molecule has 1 unspecified atom stereocenters. The molecule has 0 N–H and O–H groups in total. The van der Waals surface area contributed by atoms with Gasteiger partial charge in [0.2, 0.25) is 0 Å². The van der Waals surface area contributed by atoms with Crippen LogP contribution in [0.5, 0.6) is 0 Å². The Balaban J connectivity index is 2.38. The van der Waals surface area contributed by atoms with E-state index in [9.17, 15) is 9.00 Å². The third kappa shape index (κ3) is 3.52. The van der Waals surface area contributed by atoms with Crippen molar-refractivity contribution in [2.24, 2.45) is 4.36 Å². The fourth-order valence-electron chi connectivity index (χ4n) is 1.53. The third-order valence-corrected chi connectivity index (χ3v) is 4.72. The van der Waals surface area contributed by atoms with Crippen molar-refractivity contribution in [3.05, 3.63) is 64.6 Å². The van der Waals surface area contributed by atoms with Gasteiger partial charge >= 0.3 is 0 Å². The van der Waals surface area contributed by atoms with Gasteiger partial charge < -0.3 is 0 Å². The first-order chi connectivity index (χ1) is 8.99. The lowest BCUT2D eigenvalue weighted by Crippen LogP contribution is -2.03. The monoisotopic (exact) mass is 337 g/mol. The van der Waals surface area contributed by atoms with Crippen molar-refractivity contribution in [2.45, 2.75) is 4.90 Å². The van der Waals surface area contributed by atoms with E-state index >= 15 is 0 Å². The second-order valence-electron chi connectivity index (χ2n) is 4.02. The van der Waals surface area contributed by atoms with E-state index in [1.54, 1.807) is 48.5 Å². The minimum absolute atomic E-state index is 0.425. The van der Waals surface area contributed by atoms with E-state index in [1.807, 2.05) is 6.07 Å². The molecule has 0 bridgehead atoms. The SMILES string of the molecule is CS(=O)(=NC(=O)c1ccc(Br)cc1)c1ccccc1. The lowest BCUT2D eigenvalue weighted by Gasteiger charge is -2.03. The first-order valence-corrected chi connectivity index (χ1v) is 8.28.